The van der Waals surface area contributed by atoms with Crippen LogP contribution in [-0.4, -0.2) is 4.98 Å². The van der Waals surface area contributed by atoms with E-state index < -0.39 is 0 Å². The Morgan fingerprint density at radius 1 is 0.857 bits per heavy atom. The maximum Gasteiger partial charge on any atom is 0.127 e. The summed E-state index contributed by atoms with van der Waals surface area (Å²) in [5.41, 5.74) is 13.8. The largest absolute Gasteiger partial charge is 0.383 e. The van der Waals surface area contributed by atoms with E-state index in [4.69, 9.17) is 5.73 Å². The van der Waals surface area contributed by atoms with Crippen molar-refractivity contribution in [3.8, 4) is 22.3 Å². The Hall–Kier alpha value is -2.61. The Morgan fingerprint density at radius 2 is 1.57 bits per heavy atom. The van der Waals surface area contributed by atoms with Crippen molar-refractivity contribution in [1.82, 2.24) is 4.98 Å². The third kappa shape index (κ3) is 1.76. The van der Waals surface area contributed by atoms with E-state index in [9.17, 15) is 0 Å². The monoisotopic (exact) mass is 272 g/mol. The van der Waals surface area contributed by atoms with Gasteiger partial charge in [0.15, 0.2) is 0 Å². The van der Waals surface area contributed by atoms with Crippen molar-refractivity contribution in [2.75, 3.05) is 5.73 Å². The molecule has 1 aliphatic rings. The third-order valence-corrected chi connectivity index (χ3v) is 4.39. The maximum absolute atomic E-state index is 6.01. The summed E-state index contributed by atoms with van der Waals surface area (Å²) >= 11 is 0. The highest BCUT2D eigenvalue weighted by Gasteiger charge is 2.23. The Labute approximate surface area is 124 Å². The van der Waals surface area contributed by atoms with E-state index >= 15 is 0 Å². The summed E-state index contributed by atoms with van der Waals surface area (Å²) in [4.78, 5) is 4.19. The summed E-state index contributed by atoms with van der Waals surface area (Å²) < 4.78 is 0. The van der Waals surface area contributed by atoms with Gasteiger partial charge < -0.3 is 5.73 Å². The predicted octanol–water partition coefficient (Wildman–Crippen LogP) is 4.46. The van der Waals surface area contributed by atoms with Crippen molar-refractivity contribution in [3.63, 3.8) is 0 Å². The van der Waals surface area contributed by atoms with E-state index in [0.717, 1.165) is 5.56 Å². The smallest absolute Gasteiger partial charge is 0.127 e. The summed E-state index contributed by atoms with van der Waals surface area (Å²) in [6.07, 6.45) is 1.74. The first kappa shape index (κ1) is 12.2. The number of rotatable bonds is 2. The van der Waals surface area contributed by atoms with Crippen LogP contribution in [0.25, 0.3) is 22.3 Å². The van der Waals surface area contributed by atoms with Gasteiger partial charge in [-0.2, -0.15) is 0 Å². The first-order valence-corrected chi connectivity index (χ1v) is 7.20. The molecule has 0 saturated heterocycles. The zero-order valence-electron chi connectivity index (χ0n) is 11.9. The Morgan fingerprint density at radius 3 is 2.33 bits per heavy atom. The summed E-state index contributed by atoms with van der Waals surface area (Å²) in [5, 5.41) is 0. The van der Waals surface area contributed by atoms with Crippen LogP contribution in [0, 0.1) is 0 Å². The zero-order chi connectivity index (χ0) is 14.4. The minimum atomic E-state index is 0.247. The molecule has 2 heteroatoms. The highest BCUT2D eigenvalue weighted by atomic mass is 14.8. The average molecular weight is 272 g/mol. The number of hydrogen-bond acceptors (Lipinski definition) is 2. The predicted molar refractivity (Wildman–Crippen MR) is 87.0 cm³/mol. The van der Waals surface area contributed by atoms with Crippen molar-refractivity contribution in [3.05, 3.63) is 71.9 Å². The van der Waals surface area contributed by atoms with Crippen LogP contribution in [0.2, 0.25) is 0 Å². The number of fused-ring (bicyclic) bond motifs is 4. The van der Waals surface area contributed by atoms with E-state index in [1.807, 2.05) is 6.07 Å². The minimum absolute atomic E-state index is 0.247. The lowest BCUT2D eigenvalue weighted by atomic mass is 9.78. The van der Waals surface area contributed by atoms with Crippen molar-refractivity contribution >= 4 is 5.82 Å². The molecule has 0 fully saturated rings. The van der Waals surface area contributed by atoms with Crippen LogP contribution < -0.4 is 5.73 Å². The van der Waals surface area contributed by atoms with E-state index in [1.54, 1.807) is 6.20 Å². The van der Waals surface area contributed by atoms with Gasteiger partial charge in [0.25, 0.3) is 0 Å². The summed E-state index contributed by atoms with van der Waals surface area (Å²) in [5.74, 6) is 0.866. The Balaban J connectivity index is 1.76. The fraction of sp³-hybridized carbons (Fsp3) is 0.105. The van der Waals surface area contributed by atoms with Crippen molar-refractivity contribution in [2.45, 2.75) is 12.8 Å². The molecule has 0 saturated carbocycles. The van der Waals surface area contributed by atoms with Crippen molar-refractivity contribution < 1.29 is 0 Å². The van der Waals surface area contributed by atoms with Gasteiger partial charge in [-0.1, -0.05) is 49.4 Å². The molecule has 21 heavy (non-hydrogen) atoms. The van der Waals surface area contributed by atoms with Gasteiger partial charge in [0.2, 0.25) is 0 Å². The van der Waals surface area contributed by atoms with Crippen LogP contribution >= 0.6 is 0 Å². The zero-order valence-corrected chi connectivity index (χ0v) is 11.9. The summed E-state index contributed by atoms with van der Waals surface area (Å²) in [7, 11) is 0. The van der Waals surface area contributed by atoms with Crippen LogP contribution in [0.5, 0.6) is 0 Å². The summed E-state index contributed by atoms with van der Waals surface area (Å²) in [6, 6.07) is 19.3. The number of nitrogen functional groups attached to an aromatic ring is 1. The molecule has 0 spiro atoms. The second-order valence-electron chi connectivity index (χ2n) is 5.55. The molecule has 2 nitrogen and oxygen atoms in total. The number of benzene rings is 2. The molecule has 1 aliphatic carbocycles. The van der Waals surface area contributed by atoms with Crippen LogP contribution in [0.3, 0.4) is 0 Å². The van der Waals surface area contributed by atoms with Crippen LogP contribution in [0.1, 0.15) is 24.0 Å². The molecular formula is C19H16N2. The molecule has 0 amide bonds. The molecule has 0 bridgehead atoms. The van der Waals surface area contributed by atoms with Gasteiger partial charge in [0.05, 0.1) is 0 Å². The highest BCUT2D eigenvalue weighted by molar-refractivity contribution is 6.02. The fourth-order valence-electron chi connectivity index (χ4n) is 3.15. The third-order valence-electron chi connectivity index (χ3n) is 4.39. The molecule has 2 aromatic carbocycles. The van der Waals surface area contributed by atoms with Gasteiger partial charge in [0, 0.05) is 17.7 Å². The standard InChI is InChI=1S/C19H16N2/c1-12(14-7-4-10-21-19(14)20)13-8-9-17-15-5-2-3-6-16(15)18(17)11-13/h2-12H,1H3,(H2,20,21). The number of anilines is 1. The topological polar surface area (TPSA) is 38.9 Å². The lowest BCUT2D eigenvalue weighted by molar-refractivity contribution is 0.917. The molecule has 1 unspecified atom stereocenters. The van der Waals surface area contributed by atoms with Gasteiger partial charge in [0.1, 0.15) is 5.82 Å². The molecule has 2 N–H and O–H groups in total. The SMILES string of the molecule is CC(c1ccc2c(c1)-c1ccccc1-2)c1cccnc1N. The number of nitrogens with two attached hydrogens (primary N) is 1. The van der Waals surface area contributed by atoms with Gasteiger partial charge in [-0.15, -0.1) is 0 Å². The lowest BCUT2D eigenvalue weighted by Gasteiger charge is -2.25. The Kier molecular flexibility index (Phi) is 2.58. The molecule has 1 heterocycles. The van der Waals surface area contributed by atoms with Gasteiger partial charge >= 0.3 is 0 Å². The van der Waals surface area contributed by atoms with Crippen molar-refractivity contribution in [1.29, 1.82) is 0 Å². The molecular weight excluding hydrogens is 256 g/mol. The number of hydrogen-bond donors (Lipinski definition) is 1. The number of pyridine rings is 1. The number of nitrogens with zero attached hydrogens (tertiary/aromatic N) is 1. The second kappa shape index (κ2) is 4.45. The molecule has 0 aliphatic heterocycles. The van der Waals surface area contributed by atoms with E-state index in [0.29, 0.717) is 5.82 Å². The highest BCUT2D eigenvalue weighted by Crippen LogP contribution is 2.48. The van der Waals surface area contributed by atoms with E-state index in [1.165, 1.54) is 27.8 Å². The van der Waals surface area contributed by atoms with Gasteiger partial charge in [-0.25, -0.2) is 4.98 Å². The molecule has 102 valence electrons. The molecule has 0 radical (unpaired) electrons. The molecule has 1 aromatic heterocycles. The molecule has 4 rings (SSSR count). The minimum Gasteiger partial charge on any atom is -0.383 e. The quantitative estimate of drug-likeness (QED) is 0.585. The van der Waals surface area contributed by atoms with Gasteiger partial charge in [-0.05, 0) is 39.9 Å². The van der Waals surface area contributed by atoms with E-state index in [2.05, 4.69) is 60.4 Å². The maximum atomic E-state index is 6.01. The first-order chi connectivity index (χ1) is 10.3. The average Bonchev–Trinajstić information content (AvgIpc) is 2.52. The van der Waals surface area contributed by atoms with Crippen LogP contribution in [0.15, 0.2) is 60.8 Å². The van der Waals surface area contributed by atoms with Crippen molar-refractivity contribution in [2.24, 2.45) is 0 Å². The molecule has 3 aromatic rings. The van der Waals surface area contributed by atoms with Crippen LogP contribution in [0.4, 0.5) is 5.82 Å². The molecule has 1 atom stereocenters. The first-order valence-electron chi connectivity index (χ1n) is 7.20. The lowest BCUT2D eigenvalue weighted by Crippen LogP contribution is -2.05. The normalized spacial score (nSPS) is 13.0. The summed E-state index contributed by atoms with van der Waals surface area (Å²) in [6.45, 7) is 2.18. The van der Waals surface area contributed by atoms with E-state index in [-0.39, 0.29) is 5.92 Å². The number of aromatic nitrogens is 1. The van der Waals surface area contributed by atoms with Crippen LogP contribution in [-0.2, 0) is 0 Å². The second-order valence-corrected chi connectivity index (χ2v) is 5.55. The van der Waals surface area contributed by atoms with Gasteiger partial charge in [-0.3, -0.25) is 0 Å². The Bertz CT molecular complexity index is 836. The fourth-order valence-corrected chi connectivity index (χ4v) is 3.15.